The van der Waals surface area contributed by atoms with Gasteiger partial charge in [-0.2, -0.15) is 5.01 Å². The van der Waals surface area contributed by atoms with Crippen molar-refractivity contribution >= 4 is 6.21 Å². The molecule has 0 aromatic rings. The van der Waals surface area contributed by atoms with Gasteiger partial charge in [-0.15, -0.1) is 0 Å². The molecule has 7 heteroatoms. The van der Waals surface area contributed by atoms with Crippen molar-refractivity contribution in [2.75, 3.05) is 42.3 Å². The lowest BCUT2D eigenvalue weighted by Crippen LogP contribution is -3.00. The van der Waals surface area contributed by atoms with Crippen LogP contribution < -0.4 is 29.8 Å². The molecule has 1 N–H and O–H groups in total. The van der Waals surface area contributed by atoms with E-state index in [1.807, 2.05) is 64.2 Å². The first-order valence-electron chi connectivity index (χ1n) is 4.53. The average Bonchev–Trinajstić information content (AvgIpc) is 1.97. The number of hydrogen-bond acceptors (Lipinski definition) is 3. The van der Waals surface area contributed by atoms with Gasteiger partial charge in [-0.25, -0.2) is 4.58 Å². The van der Waals surface area contributed by atoms with E-state index in [1.165, 1.54) is 0 Å². The molecule has 0 heterocycles. The lowest BCUT2D eigenvalue weighted by atomic mass is 10.5. The highest BCUT2D eigenvalue weighted by Crippen LogP contribution is 1.93. The molecule has 0 spiro atoms. The number of rotatable bonds is 4. The van der Waals surface area contributed by atoms with E-state index in [0.717, 1.165) is 10.7 Å². The van der Waals surface area contributed by atoms with E-state index in [-0.39, 0.29) is 24.8 Å². The van der Waals surface area contributed by atoms with E-state index in [4.69, 9.17) is 0 Å². The predicted molar refractivity (Wildman–Crippen MR) is 57.6 cm³/mol. The first kappa shape index (κ1) is 20.7. The Balaban J connectivity index is -0.000000845. The zero-order valence-corrected chi connectivity index (χ0v) is 12.2. The lowest BCUT2D eigenvalue weighted by Gasteiger charge is -2.03. The van der Waals surface area contributed by atoms with Crippen LogP contribution in [-0.4, -0.2) is 58.0 Å². The minimum Gasteiger partial charge on any atom is -1.00 e. The molecule has 0 saturated carbocycles. The second-order valence-corrected chi connectivity index (χ2v) is 3.76. The van der Waals surface area contributed by atoms with E-state index in [1.54, 1.807) is 0 Å². The van der Waals surface area contributed by atoms with Gasteiger partial charge in [0.15, 0.2) is 11.9 Å². The highest BCUT2D eigenvalue weighted by Gasteiger charge is 1.98. The summed E-state index contributed by atoms with van der Waals surface area (Å²) in [5.74, 6) is 0. The Morgan fingerprint density at radius 2 is 1.69 bits per heavy atom. The zero-order chi connectivity index (χ0) is 11.1. The Kier molecular flexibility index (Phi) is 14.1. The summed E-state index contributed by atoms with van der Waals surface area (Å²) in [5, 5.41) is 9.08. The summed E-state index contributed by atoms with van der Waals surface area (Å²) >= 11 is 0. The molecule has 0 unspecified atom stereocenters. The van der Waals surface area contributed by atoms with Crippen LogP contribution >= 0.6 is 0 Å². The molecule has 16 heavy (non-hydrogen) atoms. The number of nitrogens with one attached hydrogen (secondary N) is 1. The molecule has 0 aliphatic carbocycles. The van der Waals surface area contributed by atoms with Gasteiger partial charge in [-0.1, -0.05) is 5.11 Å². The summed E-state index contributed by atoms with van der Waals surface area (Å²) < 4.78 is 1.94. The third-order valence-corrected chi connectivity index (χ3v) is 1.15. The molecule has 96 valence electrons. The van der Waals surface area contributed by atoms with Crippen molar-refractivity contribution in [2.45, 2.75) is 0 Å². The van der Waals surface area contributed by atoms with E-state index in [2.05, 4.69) is 10.3 Å². The molecule has 0 aromatic carbocycles. The summed E-state index contributed by atoms with van der Waals surface area (Å²) in [7, 11) is 11.7. The average molecular weight is 270 g/mol. The van der Waals surface area contributed by atoms with Crippen molar-refractivity contribution in [3.63, 3.8) is 0 Å². The topological polar surface area (TPSA) is 35.4 Å². The Hall–Kier alpha value is -0.650. The first-order chi connectivity index (χ1) is 6.41. The molecule has 0 bridgehead atoms. The Bertz CT molecular complexity index is 255. The SMILES string of the molecule is CN(C)/C=C(/C=[N+](C)C)N=N[NH+](C)C.[Cl-].[Cl-]. The van der Waals surface area contributed by atoms with Gasteiger partial charge in [0.05, 0.1) is 14.1 Å². The largest absolute Gasteiger partial charge is 1.00 e. The van der Waals surface area contributed by atoms with Crippen LogP contribution in [0, 0.1) is 0 Å². The van der Waals surface area contributed by atoms with Gasteiger partial charge in [-0.3, -0.25) is 0 Å². The van der Waals surface area contributed by atoms with Gasteiger partial charge in [-0.05, 0) is 0 Å². The highest BCUT2D eigenvalue weighted by molar-refractivity contribution is 5.73. The minimum atomic E-state index is 0. The summed E-state index contributed by atoms with van der Waals surface area (Å²) in [6.07, 6.45) is 3.85. The highest BCUT2D eigenvalue weighted by atomic mass is 35.5. The van der Waals surface area contributed by atoms with E-state index in [9.17, 15) is 0 Å². The van der Waals surface area contributed by atoms with Crippen molar-refractivity contribution in [1.82, 2.24) is 4.90 Å². The molecule has 5 nitrogen and oxygen atoms in total. The third-order valence-electron chi connectivity index (χ3n) is 1.15. The van der Waals surface area contributed by atoms with Crippen LogP contribution in [-0.2, 0) is 0 Å². The molecule has 0 fully saturated rings. The quantitative estimate of drug-likeness (QED) is 0.234. The number of nitrogens with zero attached hydrogens (tertiary/aromatic N) is 4. The maximum atomic E-state index is 4.11. The van der Waals surface area contributed by atoms with E-state index in [0.29, 0.717) is 0 Å². The van der Waals surface area contributed by atoms with Gasteiger partial charge in [0, 0.05) is 25.5 Å². The molecule has 0 amide bonds. The van der Waals surface area contributed by atoms with Gasteiger partial charge in [0.25, 0.3) is 0 Å². The van der Waals surface area contributed by atoms with Crippen LogP contribution in [0.1, 0.15) is 0 Å². The number of allylic oxidation sites excluding steroid dienone is 1. The fourth-order valence-corrected chi connectivity index (χ4v) is 0.772. The zero-order valence-electron chi connectivity index (χ0n) is 10.7. The van der Waals surface area contributed by atoms with Crippen LogP contribution in [0.5, 0.6) is 0 Å². The predicted octanol–water partition coefficient (Wildman–Crippen LogP) is -6.75. The summed E-state index contributed by atoms with van der Waals surface area (Å²) in [6.45, 7) is 0. The molecule has 0 atom stereocenters. The van der Waals surface area contributed by atoms with Gasteiger partial charge in [0.2, 0.25) is 0 Å². The number of hydrogen-bond donors (Lipinski definition) is 1. The first-order valence-corrected chi connectivity index (χ1v) is 4.53. The van der Waals surface area contributed by atoms with Crippen molar-refractivity contribution < 1.29 is 34.4 Å². The third kappa shape index (κ3) is 13.4. The number of halogens is 2. The molecule has 0 aliphatic rings. The maximum Gasteiger partial charge on any atom is 0.192 e. The Morgan fingerprint density at radius 1 is 1.19 bits per heavy atom. The lowest BCUT2D eigenvalue weighted by molar-refractivity contribution is -0.870. The van der Waals surface area contributed by atoms with Gasteiger partial charge in [0.1, 0.15) is 14.1 Å². The van der Waals surface area contributed by atoms with Gasteiger partial charge >= 0.3 is 0 Å². The molecular formula is C9H21Cl2N5. The smallest absolute Gasteiger partial charge is 0.192 e. The fraction of sp³-hybridized carbons (Fsp3) is 0.667. The maximum absolute atomic E-state index is 4.11. The number of quaternary nitrogens is 1. The molecule has 0 saturated heterocycles. The van der Waals surface area contributed by atoms with Gasteiger partial charge < -0.3 is 29.7 Å². The summed E-state index contributed by atoms with van der Waals surface area (Å²) in [6, 6.07) is 0. The normalized spacial score (nSPS) is 10.8. The van der Waals surface area contributed by atoms with Crippen LogP contribution in [0.4, 0.5) is 0 Å². The standard InChI is InChI=1S/C9H20N5.2ClH/c1-12(2)7-9(8-13(3)4)10-11-14(5)6;;/h7-8H,1-6H3;2*1H/q+1;;/p-1. The summed E-state index contributed by atoms with van der Waals surface area (Å²) in [5.41, 5.74) is 0.834. The van der Waals surface area contributed by atoms with Crippen LogP contribution in [0.15, 0.2) is 22.2 Å². The summed E-state index contributed by atoms with van der Waals surface area (Å²) in [4.78, 5) is 1.94. The fourth-order valence-electron chi connectivity index (χ4n) is 0.772. The second-order valence-electron chi connectivity index (χ2n) is 3.76. The molecule has 0 rings (SSSR count). The monoisotopic (exact) mass is 269 g/mol. The molecule has 0 aliphatic heterocycles. The van der Waals surface area contributed by atoms with Crippen molar-refractivity contribution in [3.8, 4) is 0 Å². The van der Waals surface area contributed by atoms with Crippen LogP contribution in [0.3, 0.4) is 0 Å². The van der Waals surface area contributed by atoms with Crippen molar-refractivity contribution in [1.29, 1.82) is 0 Å². The van der Waals surface area contributed by atoms with Crippen molar-refractivity contribution in [2.24, 2.45) is 10.3 Å². The minimum absolute atomic E-state index is 0. The Labute approximate surface area is 110 Å². The Morgan fingerprint density at radius 3 is 2.00 bits per heavy atom. The van der Waals surface area contributed by atoms with Crippen LogP contribution in [0.2, 0.25) is 0 Å². The van der Waals surface area contributed by atoms with Crippen molar-refractivity contribution in [3.05, 3.63) is 11.9 Å². The van der Waals surface area contributed by atoms with E-state index >= 15 is 0 Å². The second kappa shape index (κ2) is 10.9. The van der Waals surface area contributed by atoms with Crippen LogP contribution in [0.25, 0.3) is 0 Å². The molecule has 0 aromatic heterocycles. The van der Waals surface area contributed by atoms with E-state index < -0.39 is 0 Å². The molecular weight excluding hydrogens is 249 g/mol. The molecule has 0 radical (unpaired) electrons.